The van der Waals surface area contributed by atoms with Crippen molar-refractivity contribution in [2.45, 2.75) is 57.8 Å². The Morgan fingerprint density at radius 2 is 2.18 bits per heavy atom. The second-order valence-electron chi connectivity index (χ2n) is 6.46. The lowest BCUT2D eigenvalue weighted by molar-refractivity contribution is -0.129. The van der Waals surface area contributed by atoms with Crippen molar-refractivity contribution in [3.8, 4) is 6.07 Å². The van der Waals surface area contributed by atoms with Gasteiger partial charge in [-0.15, -0.1) is 0 Å². The van der Waals surface area contributed by atoms with Crippen molar-refractivity contribution in [3.05, 3.63) is 0 Å². The fourth-order valence-corrected chi connectivity index (χ4v) is 4.54. The van der Waals surface area contributed by atoms with E-state index in [1.165, 1.54) is 25.7 Å². The van der Waals surface area contributed by atoms with Gasteiger partial charge in [0.25, 0.3) is 0 Å². The van der Waals surface area contributed by atoms with Crippen LogP contribution in [0.5, 0.6) is 0 Å². The lowest BCUT2D eigenvalue weighted by Crippen LogP contribution is -2.35. The zero-order valence-electron chi connectivity index (χ0n) is 10.5. The van der Waals surface area contributed by atoms with Crippen LogP contribution < -0.4 is 0 Å². The standard InChI is InChI=1S/C15H21NO/c16-10-15(6-2-1-3-14(15)17)9-13-8-11-4-5-12(13)7-11/h11-13H,1-9H2. The number of carbonyl (C=O) groups is 1. The second-order valence-corrected chi connectivity index (χ2v) is 6.46. The van der Waals surface area contributed by atoms with Gasteiger partial charge in [-0.1, -0.05) is 12.8 Å². The highest BCUT2D eigenvalue weighted by Gasteiger charge is 2.47. The maximum atomic E-state index is 12.1. The van der Waals surface area contributed by atoms with Crippen LogP contribution in [0.1, 0.15) is 57.8 Å². The first kappa shape index (κ1) is 11.3. The van der Waals surface area contributed by atoms with Crippen LogP contribution in [0, 0.1) is 34.5 Å². The van der Waals surface area contributed by atoms with Gasteiger partial charge in [0, 0.05) is 6.42 Å². The third kappa shape index (κ3) is 1.80. The highest BCUT2D eigenvalue weighted by molar-refractivity contribution is 5.88. The van der Waals surface area contributed by atoms with Gasteiger partial charge in [0.2, 0.25) is 0 Å². The Balaban J connectivity index is 1.74. The van der Waals surface area contributed by atoms with Gasteiger partial charge < -0.3 is 0 Å². The Bertz CT molecular complexity index is 370. The van der Waals surface area contributed by atoms with Crippen LogP contribution in [0.25, 0.3) is 0 Å². The molecule has 3 saturated carbocycles. The lowest BCUT2D eigenvalue weighted by Gasteiger charge is -2.34. The molecule has 0 aromatic rings. The molecular weight excluding hydrogens is 210 g/mol. The number of Topliss-reactive ketones (excluding diaryl/α,β-unsaturated/α-hetero) is 1. The Morgan fingerprint density at radius 3 is 2.76 bits per heavy atom. The first-order chi connectivity index (χ1) is 8.23. The minimum absolute atomic E-state index is 0.244. The van der Waals surface area contributed by atoms with Gasteiger partial charge in [-0.2, -0.15) is 5.26 Å². The molecule has 0 N–H and O–H groups in total. The number of fused-ring (bicyclic) bond motifs is 2. The van der Waals surface area contributed by atoms with E-state index in [9.17, 15) is 10.1 Å². The molecule has 0 aromatic heterocycles. The summed E-state index contributed by atoms with van der Waals surface area (Å²) in [6.07, 6.45) is 9.84. The van der Waals surface area contributed by atoms with Crippen LogP contribution in [-0.4, -0.2) is 5.78 Å². The Labute approximate surface area is 103 Å². The van der Waals surface area contributed by atoms with Crippen LogP contribution in [0.2, 0.25) is 0 Å². The number of rotatable bonds is 2. The second kappa shape index (κ2) is 4.12. The predicted molar refractivity (Wildman–Crippen MR) is 65.1 cm³/mol. The van der Waals surface area contributed by atoms with Gasteiger partial charge in [0.05, 0.1) is 6.07 Å². The molecule has 0 aliphatic heterocycles. The van der Waals surface area contributed by atoms with E-state index in [2.05, 4.69) is 6.07 Å². The van der Waals surface area contributed by atoms with Gasteiger partial charge in [0.15, 0.2) is 5.78 Å². The van der Waals surface area contributed by atoms with E-state index in [4.69, 9.17) is 0 Å². The minimum Gasteiger partial charge on any atom is -0.298 e. The molecule has 3 aliphatic carbocycles. The summed E-state index contributed by atoms with van der Waals surface area (Å²) < 4.78 is 0. The van der Waals surface area contributed by atoms with E-state index >= 15 is 0 Å². The van der Waals surface area contributed by atoms with E-state index in [1.54, 1.807) is 0 Å². The van der Waals surface area contributed by atoms with Crippen LogP contribution in [0.15, 0.2) is 0 Å². The minimum atomic E-state index is -0.590. The zero-order valence-corrected chi connectivity index (χ0v) is 10.5. The SMILES string of the molecule is N#CC1(CC2CC3CCC2C3)CCCCC1=O. The Kier molecular flexibility index (Phi) is 2.73. The van der Waals surface area contributed by atoms with E-state index in [-0.39, 0.29) is 5.78 Å². The smallest absolute Gasteiger partial charge is 0.153 e. The quantitative estimate of drug-likeness (QED) is 0.730. The third-order valence-electron chi connectivity index (χ3n) is 5.50. The first-order valence-electron chi connectivity index (χ1n) is 7.18. The van der Waals surface area contributed by atoms with Crippen molar-refractivity contribution in [3.63, 3.8) is 0 Å². The van der Waals surface area contributed by atoms with Gasteiger partial charge in [-0.3, -0.25) is 4.79 Å². The molecule has 3 rings (SSSR count). The molecule has 92 valence electrons. The van der Waals surface area contributed by atoms with Crippen molar-refractivity contribution in [1.82, 2.24) is 0 Å². The molecule has 0 aromatic carbocycles. The summed E-state index contributed by atoms with van der Waals surface area (Å²) in [7, 11) is 0. The first-order valence-corrected chi connectivity index (χ1v) is 7.18. The Hall–Kier alpha value is -0.840. The number of hydrogen-bond acceptors (Lipinski definition) is 2. The summed E-state index contributed by atoms with van der Waals surface area (Å²) in [5.74, 6) is 2.67. The molecule has 2 heteroatoms. The topological polar surface area (TPSA) is 40.9 Å². The molecule has 0 radical (unpaired) electrons. The van der Waals surface area contributed by atoms with Crippen LogP contribution in [0.4, 0.5) is 0 Å². The van der Waals surface area contributed by atoms with Gasteiger partial charge in [-0.25, -0.2) is 0 Å². The predicted octanol–water partition coefficient (Wildman–Crippen LogP) is 3.47. The molecule has 0 amide bonds. The van der Waals surface area contributed by atoms with Crippen molar-refractivity contribution in [2.24, 2.45) is 23.2 Å². The molecule has 2 nitrogen and oxygen atoms in total. The number of ketones is 1. The Morgan fingerprint density at radius 1 is 1.29 bits per heavy atom. The monoisotopic (exact) mass is 231 g/mol. The van der Waals surface area contributed by atoms with Crippen LogP contribution in [-0.2, 0) is 4.79 Å². The average Bonchev–Trinajstić information content (AvgIpc) is 2.94. The fraction of sp³-hybridized carbons (Fsp3) is 0.867. The van der Waals surface area contributed by atoms with Gasteiger partial charge >= 0.3 is 0 Å². The van der Waals surface area contributed by atoms with E-state index in [1.807, 2.05) is 0 Å². The maximum Gasteiger partial charge on any atom is 0.153 e. The van der Waals surface area contributed by atoms with Crippen molar-refractivity contribution >= 4 is 5.78 Å². The molecular formula is C15H21NO. The molecule has 2 bridgehead atoms. The molecule has 4 atom stereocenters. The maximum absolute atomic E-state index is 12.1. The van der Waals surface area contributed by atoms with Gasteiger partial charge in [-0.05, 0) is 56.3 Å². The van der Waals surface area contributed by atoms with Crippen molar-refractivity contribution in [2.75, 3.05) is 0 Å². The molecule has 3 aliphatic rings. The highest BCUT2D eigenvalue weighted by Crippen LogP contribution is 2.53. The summed E-state index contributed by atoms with van der Waals surface area (Å²) in [5, 5.41) is 9.47. The largest absolute Gasteiger partial charge is 0.298 e. The summed E-state index contributed by atoms with van der Waals surface area (Å²) in [5.41, 5.74) is -0.590. The fourth-order valence-electron chi connectivity index (χ4n) is 4.54. The van der Waals surface area contributed by atoms with Crippen LogP contribution in [0.3, 0.4) is 0 Å². The van der Waals surface area contributed by atoms with E-state index in [0.29, 0.717) is 12.3 Å². The van der Waals surface area contributed by atoms with Crippen molar-refractivity contribution < 1.29 is 4.79 Å². The molecule has 0 saturated heterocycles. The van der Waals surface area contributed by atoms with E-state index in [0.717, 1.165) is 37.5 Å². The summed E-state index contributed by atoms with van der Waals surface area (Å²) >= 11 is 0. The number of carbonyl (C=O) groups excluding carboxylic acids is 1. The number of hydrogen-bond donors (Lipinski definition) is 0. The average molecular weight is 231 g/mol. The number of nitriles is 1. The van der Waals surface area contributed by atoms with Gasteiger partial charge in [0.1, 0.15) is 5.41 Å². The molecule has 0 heterocycles. The molecule has 3 fully saturated rings. The molecule has 17 heavy (non-hydrogen) atoms. The summed E-state index contributed by atoms with van der Waals surface area (Å²) in [6, 6.07) is 2.40. The van der Waals surface area contributed by atoms with Crippen LogP contribution >= 0.6 is 0 Å². The number of nitrogens with zero attached hydrogens (tertiary/aromatic N) is 1. The lowest BCUT2D eigenvalue weighted by atomic mass is 9.67. The summed E-state index contributed by atoms with van der Waals surface area (Å²) in [6.45, 7) is 0. The summed E-state index contributed by atoms with van der Waals surface area (Å²) in [4.78, 5) is 12.1. The molecule has 4 unspecified atom stereocenters. The zero-order chi connectivity index (χ0) is 11.9. The third-order valence-corrected chi connectivity index (χ3v) is 5.50. The van der Waals surface area contributed by atoms with E-state index < -0.39 is 5.41 Å². The normalized spacial score (nSPS) is 44.9. The van der Waals surface area contributed by atoms with Crippen molar-refractivity contribution in [1.29, 1.82) is 5.26 Å². The highest BCUT2D eigenvalue weighted by atomic mass is 16.1. The molecule has 0 spiro atoms.